The number of aromatic nitrogens is 2. The van der Waals surface area contributed by atoms with Gasteiger partial charge in [0.1, 0.15) is 5.82 Å². The third kappa shape index (κ3) is 4.96. The van der Waals surface area contributed by atoms with E-state index in [1.165, 1.54) is 0 Å². The Morgan fingerprint density at radius 3 is 2.27 bits per heavy atom. The molecule has 0 aliphatic carbocycles. The Balaban J connectivity index is 1.35. The lowest BCUT2D eigenvalue weighted by Gasteiger charge is -2.36. The average molecular weight is 520 g/mol. The molecule has 0 amide bonds. The molecule has 1 aliphatic rings. The van der Waals surface area contributed by atoms with Gasteiger partial charge in [0.05, 0.1) is 34.2 Å². The van der Waals surface area contributed by atoms with Gasteiger partial charge >= 0.3 is 0 Å². The smallest absolute Gasteiger partial charge is 0.124 e. The number of piperazine rings is 1. The maximum Gasteiger partial charge on any atom is 0.124 e. The van der Waals surface area contributed by atoms with Crippen LogP contribution in [0, 0.1) is 0 Å². The highest BCUT2D eigenvalue weighted by Gasteiger charge is 2.21. The third-order valence-corrected chi connectivity index (χ3v) is 7.41. The molecule has 170 valence electrons. The molecular formula is C25H22Cl4N4. The van der Waals surface area contributed by atoms with Crippen LogP contribution in [0.25, 0.3) is 11.0 Å². The van der Waals surface area contributed by atoms with Gasteiger partial charge in [-0.15, -0.1) is 0 Å². The summed E-state index contributed by atoms with van der Waals surface area (Å²) in [7, 11) is 0. The van der Waals surface area contributed by atoms with Gasteiger partial charge in [0.15, 0.2) is 0 Å². The lowest BCUT2D eigenvalue weighted by atomic mass is 10.2. The minimum Gasteiger partial charge on any atom is -0.369 e. The molecule has 1 fully saturated rings. The van der Waals surface area contributed by atoms with Crippen LogP contribution in [-0.4, -0.2) is 40.6 Å². The van der Waals surface area contributed by atoms with Gasteiger partial charge in [0.2, 0.25) is 0 Å². The van der Waals surface area contributed by atoms with Gasteiger partial charge < -0.3 is 9.47 Å². The van der Waals surface area contributed by atoms with Crippen LogP contribution in [0.15, 0.2) is 60.7 Å². The summed E-state index contributed by atoms with van der Waals surface area (Å²) in [6.07, 6.45) is 0. The number of rotatable bonds is 5. The predicted molar refractivity (Wildman–Crippen MR) is 139 cm³/mol. The largest absolute Gasteiger partial charge is 0.369 e. The molecule has 1 saturated heterocycles. The van der Waals surface area contributed by atoms with Gasteiger partial charge in [0.25, 0.3) is 0 Å². The fourth-order valence-electron chi connectivity index (χ4n) is 4.29. The summed E-state index contributed by atoms with van der Waals surface area (Å²) in [6, 6.07) is 19.7. The van der Waals surface area contributed by atoms with E-state index >= 15 is 0 Å². The molecule has 1 aromatic heterocycles. The fourth-order valence-corrected chi connectivity index (χ4v) is 5.05. The van der Waals surface area contributed by atoms with Crippen molar-refractivity contribution in [1.29, 1.82) is 0 Å². The van der Waals surface area contributed by atoms with Crippen LogP contribution in [0.4, 0.5) is 5.69 Å². The standard InChI is InChI=1S/C25H22Cl4N4/c26-18-6-5-17(21(28)13-18)15-33-24-4-2-1-3-23(24)30-25(33)16-31-9-11-32(12-10-31)19-7-8-20(27)22(29)14-19/h1-8,13-14H,9-12,15-16H2. The Bertz CT molecular complexity index is 1300. The van der Waals surface area contributed by atoms with Crippen LogP contribution in [0.2, 0.25) is 20.1 Å². The lowest BCUT2D eigenvalue weighted by Crippen LogP contribution is -2.46. The quantitative estimate of drug-likeness (QED) is 0.283. The normalized spacial score (nSPS) is 14.8. The van der Waals surface area contributed by atoms with Gasteiger partial charge in [0, 0.05) is 41.9 Å². The van der Waals surface area contributed by atoms with E-state index in [1.54, 1.807) is 6.07 Å². The molecule has 33 heavy (non-hydrogen) atoms. The van der Waals surface area contributed by atoms with Crippen LogP contribution in [0.5, 0.6) is 0 Å². The van der Waals surface area contributed by atoms with Crippen molar-refractivity contribution in [3.63, 3.8) is 0 Å². The lowest BCUT2D eigenvalue weighted by molar-refractivity contribution is 0.241. The fraction of sp³-hybridized carbons (Fsp3) is 0.240. The number of para-hydroxylation sites is 2. The second kappa shape index (κ2) is 9.73. The van der Waals surface area contributed by atoms with Crippen molar-refractivity contribution < 1.29 is 0 Å². The first-order valence-electron chi connectivity index (χ1n) is 10.8. The molecule has 0 saturated carbocycles. The molecule has 8 heteroatoms. The summed E-state index contributed by atoms with van der Waals surface area (Å²) in [4.78, 5) is 9.74. The molecule has 3 aromatic carbocycles. The minimum atomic E-state index is 0.582. The minimum absolute atomic E-state index is 0.582. The monoisotopic (exact) mass is 518 g/mol. The van der Waals surface area contributed by atoms with Crippen LogP contribution in [-0.2, 0) is 13.1 Å². The van der Waals surface area contributed by atoms with E-state index in [-0.39, 0.29) is 0 Å². The van der Waals surface area contributed by atoms with E-state index in [0.717, 1.165) is 60.8 Å². The van der Waals surface area contributed by atoms with Gasteiger partial charge in [-0.2, -0.15) is 0 Å². The van der Waals surface area contributed by atoms with E-state index < -0.39 is 0 Å². The molecule has 0 unspecified atom stereocenters. The molecule has 4 nitrogen and oxygen atoms in total. The third-order valence-electron chi connectivity index (χ3n) is 6.08. The van der Waals surface area contributed by atoms with Crippen molar-refractivity contribution in [2.24, 2.45) is 0 Å². The first-order chi connectivity index (χ1) is 16.0. The first-order valence-corrected chi connectivity index (χ1v) is 12.3. The second-order valence-corrected chi connectivity index (χ2v) is 9.86. The summed E-state index contributed by atoms with van der Waals surface area (Å²) >= 11 is 24.9. The number of benzene rings is 3. The summed E-state index contributed by atoms with van der Waals surface area (Å²) in [6.45, 7) is 5.13. The molecule has 0 bridgehead atoms. The summed E-state index contributed by atoms with van der Waals surface area (Å²) < 4.78 is 2.26. The number of imidazole rings is 1. The van der Waals surface area contributed by atoms with Crippen LogP contribution in [0.1, 0.15) is 11.4 Å². The highest BCUT2D eigenvalue weighted by Crippen LogP contribution is 2.29. The maximum atomic E-state index is 6.49. The molecular weight excluding hydrogens is 498 g/mol. The Morgan fingerprint density at radius 1 is 0.727 bits per heavy atom. The molecule has 0 atom stereocenters. The van der Waals surface area contributed by atoms with Gasteiger partial charge in [-0.05, 0) is 48.0 Å². The molecule has 0 radical (unpaired) electrons. The van der Waals surface area contributed by atoms with E-state index in [0.29, 0.717) is 26.6 Å². The number of halogens is 4. The SMILES string of the molecule is Clc1ccc(Cn2c(CN3CCN(c4ccc(Cl)c(Cl)c4)CC3)nc3ccccc32)c(Cl)c1. The van der Waals surface area contributed by atoms with Crippen molar-refractivity contribution >= 4 is 63.1 Å². The Kier molecular flexibility index (Phi) is 6.73. The first kappa shape index (κ1) is 22.8. The Labute approximate surface area is 213 Å². The maximum absolute atomic E-state index is 6.49. The zero-order valence-electron chi connectivity index (χ0n) is 17.8. The van der Waals surface area contributed by atoms with Gasteiger partial charge in [-0.1, -0.05) is 64.6 Å². The van der Waals surface area contributed by atoms with E-state index in [4.69, 9.17) is 51.4 Å². The second-order valence-electron chi connectivity index (χ2n) is 8.20. The highest BCUT2D eigenvalue weighted by atomic mass is 35.5. The van der Waals surface area contributed by atoms with Crippen LogP contribution in [0.3, 0.4) is 0 Å². The highest BCUT2D eigenvalue weighted by molar-refractivity contribution is 6.42. The van der Waals surface area contributed by atoms with E-state index in [2.05, 4.69) is 26.5 Å². The van der Waals surface area contributed by atoms with Gasteiger partial charge in [-0.25, -0.2) is 4.98 Å². The number of anilines is 1. The van der Waals surface area contributed by atoms with Crippen molar-refractivity contribution in [2.75, 3.05) is 31.1 Å². The van der Waals surface area contributed by atoms with E-state index in [9.17, 15) is 0 Å². The zero-order chi connectivity index (χ0) is 22.9. The van der Waals surface area contributed by atoms with E-state index in [1.807, 2.05) is 42.5 Å². The van der Waals surface area contributed by atoms with Crippen molar-refractivity contribution in [3.8, 4) is 0 Å². The van der Waals surface area contributed by atoms with Crippen molar-refractivity contribution in [2.45, 2.75) is 13.1 Å². The Hall–Kier alpha value is -1.95. The number of nitrogens with zero attached hydrogens (tertiary/aromatic N) is 4. The van der Waals surface area contributed by atoms with Crippen molar-refractivity contribution in [1.82, 2.24) is 14.5 Å². The predicted octanol–water partition coefficient (Wildman–Crippen LogP) is 7.02. The average Bonchev–Trinajstić information content (AvgIpc) is 3.15. The molecule has 0 spiro atoms. The van der Waals surface area contributed by atoms with Gasteiger partial charge in [-0.3, -0.25) is 4.90 Å². The molecule has 0 N–H and O–H groups in total. The van der Waals surface area contributed by atoms with Crippen LogP contribution >= 0.6 is 46.4 Å². The number of fused-ring (bicyclic) bond motifs is 1. The van der Waals surface area contributed by atoms with Crippen LogP contribution < -0.4 is 4.90 Å². The number of hydrogen-bond acceptors (Lipinski definition) is 3. The summed E-state index contributed by atoms with van der Waals surface area (Å²) in [5, 5.41) is 2.48. The Morgan fingerprint density at radius 2 is 1.52 bits per heavy atom. The summed E-state index contributed by atoms with van der Waals surface area (Å²) in [5.41, 5.74) is 4.23. The zero-order valence-corrected chi connectivity index (χ0v) is 20.8. The topological polar surface area (TPSA) is 24.3 Å². The van der Waals surface area contributed by atoms with Crippen molar-refractivity contribution in [3.05, 3.63) is 92.1 Å². The molecule has 5 rings (SSSR count). The molecule has 2 heterocycles. The molecule has 1 aliphatic heterocycles. The summed E-state index contributed by atoms with van der Waals surface area (Å²) in [5.74, 6) is 1.03. The molecule has 4 aromatic rings. The number of hydrogen-bond donors (Lipinski definition) is 0.